The molecule has 1 N–H and O–H groups in total. The van der Waals surface area contributed by atoms with Crippen LogP contribution >= 0.6 is 15.9 Å². The Morgan fingerprint density at radius 1 is 1.53 bits per heavy atom. The quantitative estimate of drug-likeness (QED) is 0.858. The average molecular weight is 298 g/mol. The van der Waals surface area contributed by atoms with Crippen LogP contribution in [0.25, 0.3) is 0 Å². The van der Waals surface area contributed by atoms with Gasteiger partial charge in [0.25, 0.3) is 5.91 Å². The van der Waals surface area contributed by atoms with Gasteiger partial charge >= 0.3 is 0 Å². The predicted molar refractivity (Wildman–Crippen MR) is 69.9 cm³/mol. The van der Waals surface area contributed by atoms with Gasteiger partial charge in [-0.3, -0.25) is 9.78 Å². The molecule has 1 aliphatic rings. The lowest BCUT2D eigenvalue weighted by molar-refractivity contribution is 0.0616. The van der Waals surface area contributed by atoms with Crippen LogP contribution in [0.3, 0.4) is 0 Å². The lowest BCUT2D eigenvalue weighted by Crippen LogP contribution is -2.56. The van der Waals surface area contributed by atoms with Crippen molar-refractivity contribution in [1.29, 1.82) is 0 Å². The van der Waals surface area contributed by atoms with Crippen LogP contribution in [-0.2, 0) is 0 Å². The van der Waals surface area contributed by atoms with Gasteiger partial charge in [0.2, 0.25) is 0 Å². The highest BCUT2D eigenvalue weighted by atomic mass is 79.9. The fraction of sp³-hybridized carbons (Fsp3) is 0.500. The van der Waals surface area contributed by atoms with Crippen LogP contribution in [0.5, 0.6) is 0 Å². The molecule has 1 aromatic heterocycles. The minimum absolute atomic E-state index is 0.0552. The normalized spacial score (nSPS) is 24.8. The number of carbonyl (C=O) groups excluding carboxylic acids is 1. The number of nitrogens with one attached hydrogen (secondary N) is 1. The van der Waals surface area contributed by atoms with Gasteiger partial charge in [0.15, 0.2) is 0 Å². The van der Waals surface area contributed by atoms with Crippen molar-refractivity contribution in [3.63, 3.8) is 0 Å². The van der Waals surface area contributed by atoms with Gasteiger partial charge in [-0.25, -0.2) is 0 Å². The van der Waals surface area contributed by atoms with Crippen molar-refractivity contribution >= 4 is 21.8 Å². The molecule has 1 amide bonds. The van der Waals surface area contributed by atoms with Crippen molar-refractivity contribution in [2.45, 2.75) is 25.9 Å². The van der Waals surface area contributed by atoms with E-state index in [1.165, 1.54) is 0 Å². The van der Waals surface area contributed by atoms with Crippen LogP contribution in [0.4, 0.5) is 0 Å². The van der Waals surface area contributed by atoms with Crippen LogP contribution in [0.15, 0.2) is 22.9 Å². The first-order chi connectivity index (χ1) is 8.08. The number of piperazine rings is 1. The summed E-state index contributed by atoms with van der Waals surface area (Å²) in [5.41, 5.74) is 0.639. The summed E-state index contributed by atoms with van der Waals surface area (Å²) in [6.45, 7) is 5.73. The molecule has 0 radical (unpaired) electrons. The molecule has 1 aliphatic heterocycles. The van der Waals surface area contributed by atoms with Crippen LogP contribution in [-0.4, -0.2) is 41.0 Å². The number of aromatic nitrogens is 1. The average Bonchev–Trinajstić information content (AvgIpc) is 2.31. The Balaban J connectivity index is 2.18. The number of halogens is 1. The Morgan fingerprint density at radius 3 is 3.00 bits per heavy atom. The highest BCUT2D eigenvalue weighted by Gasteiger charge is 2.27. The highest BCUT2D eigenvalue weighted by molar-refractivity contribution is 9.10. The van der Waals surface area contributed by atoms with Gasteiger partial charge in [-0.05, 0) is 35.8 Å². The molecule has 0 spiro atoms. The second-order valence-electron chi connectivity index (χ2n) is 4.51. The maximum absolute atomic E-state index is 12.3. The highest BCUT2D eigenvalue weighted by Crippen LogP contribution is 2.15. The Morgan fingerprint density at radius 2 is 2.29 bits per heavy atom. The molecule has 1 fully saturated rings. The summed E-state index contributed by atoms with van der Waals surface area (Å²) >= 11 is 3.34. The first kappa shape index (κ1) is 12.5. The zero-order valence-corrected chi connectivity index (χ0v) is 11.6. The van der Waals surface area contributed by atoms with E-state index in [0.717, 1.165) is 17.6 Å². The first-order valence-electron chi connectivity index (χ1n) is 5.73. The van der Waals surface area contributed by atoms with Crippen molar-refractivity contribution in [3.05, 3.63) is 28.5 Å². The molecule has 2 rings (SSSR count). The summed E-state index contributed by atoms with van der Waals surface area (Å²) in [6, 6.07) is 2.38. The molecule has 2 atom stereocenters. The van der Waals surface area contributed by atoms with Crippen LogP contribution in [0, 0.1) is 0 Å². The largest absolute Gasteiger partial charge is 0.333 e. The number of amides is 1. The van der Waals surface area contributed by atoms with E-state index >= 15 is 0 Å². The van der Waals surface area contributed by atoms with Crippen molar-refractivity contribution in [2.75, 3.05) is 13.1 Å². The van der Waals surface area contributed by atoms with E-state index in [2.05, 4.69) is 40.1 Å². The topological polar surface area (TPSA) is 45.2 Å². The molecular weight excluding hydrogens is 282 g/mol. The standard InChI is InChI=1S/C12H16BrN3O/c1-8-7-16(9(2)4-15-8)12(17)10-3-11(13)6-14-5-10/h3,5-6,8-9,15H,4,7H2,1-2H3. The number of carbonyl (C=O) groups is 1. The molecule has 0 saturated carbocycles. The van der Waals surface area contributed by atoms with Gasteiger partial charge in [-0.2, -0.15) is 0 Å². The van der Waals surface area contributed by atoms with E-state index in [1.807, 2.05) is 11.0 Å². The number of hydrogen-bond acceptors (Lipinski definition) is 3. The molecule has 0 bridgehead atoms. The Hall–Kier alpha value is -0.940. The molecule has 92 valence electrons. The van der Waals surface area contributed by atoms with Crippen LogP contribution in [0.1, 0.15) is 24.2 Å². The zero-order chi connectivity index (χ0) is 12.4. The van der Waals surface area contributed by atoms with Crippen LogP contribution < -0.4 is 5.32 Å². The van der Waals surface area contributed by atoms with Crippen molar-refractivity contribution in [3.8, 4) is 0 Å². The fourth-order valence-corrected chi connectivity index (χ4v) is 2.36. The molecule has 1 saturated heterocycles. The third kappa shape index (κ3) is 2.84. The Labute approximate surface area is 110 Å². The predicted octanol–water partition coefficient (Wildman–Crippen LogP) is 1.67. The van der Waals surface area contributed by atoms with Crippen molar-refractivity contribution in [2.24, 2.45) is 0 Å². The molecule has 17 heavy (non-hydrogen) atoms. The second-order valence-corrected chi connectivity index (χ2v) is 5.42. The van der Waals surface area contributed by atoms with Gasteiger partial charge < -0.3 is 10.2 Å². The molecule has 2 heterocycles. The summed E-state index contributed by atoms with van der Waals surface area (Å²) in [7, 11) is 0. The van der Waals surface area contributed by atoms with E-state index in [1.54, 1.807) is 12.4 Å². The summed E-state index contributed by atoms with van der Waals surface area (Å²) < 4.78 is 0.833. The molecular formula is C12H16BrN3O. The lowest BCUT2D eigenvalue weighted by atomic mass is 10.1. The van der Waals surface area contributed by atoms with Crippen LogP contribution in [0.2, 0.25) is 0 Å². The molecule has 0 aromatic carbocycles. The van der Waals surface area contributed by atoms with Gasteiger partial charge in [-0.15, -0.1) is 0 Å². The van der Waals surface area contributed by atoms with Gasteiger partial charge in [-0.1, -0.05) is 0 Å². The fourth-order valence-electron chi connectivity index (χ4n) is 2.00. The molecule has 0 aliphatic carbocycles. The van der Waals surface area contributed by atoms with Crippen molar-refractivity contribution in [1.82, 2.24) is 15.2 Å². The molecule has 1 aromatic rings. The summed E-state index contributed by atoms with van der Waals surface area (Å²) in [6.07, 6.45) is 3.30. The smallest absolute Gasteiger partial charge is 0.255 e. The minimum Gasteiger partial charge on any atom is -0.333 e. The lowest BCUT2D eigenvalue weighted by Gasteiger charge is -2.37. The first-order valence-corrected chi connectivity index (χ1v) is 6.52. The molecule has 5 heteroatoms. The number of rotatable bonds is 1. The monoisotopic (exact) mass is 297 g/mol. The maximum Gasteiger partial charge on any atom is 0.255 e. The van der Waals surface area contributed by atoms with E-state index in [4.69, 9.17) is 0 Å². The summed E-state index contributed by atoms with van der Waals surface area (Å²) in [5.74, 6) is 0.0552. The van der Waals surface area contributed by atoms with Crippen molar-refractivity contribution < 1.29 is 4.79 Å². The third-order valence-electron chi connectivity index (χ3n) is 2.98. The van der Waals surface area contributed by atoms with Gasteiger partial charge in [0.05, 0.1) is 5.56 Å². The number of hydrogen-bond donors (Lipinski definition) is 1. The Bertz CT molecular complexity index is 424. The second kappa shape index (κ2) is 5.14. The van der Waals surface area contributed by atoms with E-state index in [9.17, 15) is 4.79 Å². The minimum atomic E-state index is 0.0552. The number of pyridine rings is 1. The summed E-state index contributed by atoms with van der Waals surface area (Å²) in [5, 5.41) is 3.36. The summed E-state index contributed by atoms with van der Waals surface area (Å²) in [4.78, 5) is 18.3. The number of nitrogens with zero attached hydrogens (tertiary/aromatic N) is 2. The van der Waals surface area contributed by atoms with E-state index < -0.39 is 0 Å². The molecule has 2 unspecified atom stereocenters. The van der Waals surface area contributed by atoms with Gasteiger partial charge in [0.1, 0.15) is 0 Å². The molecule has 4 nitrogen and oxygen atoms in total. The van der Waals surface area contributed by atoms with E-state index in [-0.39, 0.29) is 11.9 Å². The zero-order valence-electron chi connectivity index (χ0n) is 9.98. The third-order valence-corrected chi connectivity index (χ3v) is 3.41. The van der Waals surface area contributed by atoms with Gasteiger partial charge in [0, 0.05) is 42.0 Å². The maximum atomic E-state index is 12.3. The van der Waals surface area contributed by atoms with E-state index in [0.29, 0.717) is 11.6 Å². The SMILES string of the molecule is CC1CN(C(=O)c2cncc(Br)c2)C(C)CN1. The Kier molecular flexibility index (Phi) is 3.79.